The van der Waals surface area contributed by atoms with E-state index < -0.39 is 0 Å². The molecule has 0 aromatic rings. The van der Waals surface area contributed by atoms with E-state index in [0.717, 1.165) is 64.7 Å². The van der Waals surface area contributed by atoms with Crippen molar-refractivity contribution in [1.82, 2.24) is 10.6 Å². The van der Waals surface area contributed by atoms with Crippen LogP contribution in [0.2, 0.25) is 0 Å². The highest BCUT2D eigenvalue weighted by atomic mass is 127. The van der Waals surface area contributed by atoms with Crippen LogP contribution in [-0.4, -0.2) is 63.0 Å². The van der Waals surface area contributed by atoms with Crippen molar-refractivity contribution in [2.24, 2.45) is 10.9 Å². The zero-order chi connectivity index (χ0) is 16.2. The highest BCUT2D eigenvalue weighted by molar-refractivity contribution is 14.0. The van der Waals surface area contributed by atoms with Crippen molar-refractivity contribution >= 4 is 41.7 Å². The van der Waals surface area contributed by atoms with Gasteiger partial charge in [0.25, 0.3) is 0 Å². The molecule has 0 aromatic heterocycles. The summed E-state index contributed by atoms with van der Waals surface area (Å²) in [6.07, 6.45) is 5.84. The van der Waals surface area contributed by atoms with Gasteiger partial charge in [-0.05, 0) is 50.7 Å². The molecule has 2 aliphatic rings. The van der Waals surface area contributed by atoms with Gasteiger partial charge >= 0.3 is 0 Å². The van der Waals surface area contributed by atoms with Crippen LogP contribution < -0.4 is 10.6 Å². The van der Waals surface area contributed by atoms with Crippen LogP contribution in [0.1, 0.15) is 39.0 Å². The van der Waals surface area contributed by atoms with Crippen LogP contribution in [0.5, 0.6) is 0 Å². The molecule has 2 saturated heterocycles. The van der Waals surface area contributed by atoms with Crippen LogP contribution in [0.4, 0.5) is 0 Å². The van der Waals surface area contributed by atoms with Crippen LogP contribution in [0.15, 0.2) is 4.99 Å². The number of nitrogens with one attached hydrogen (secondary N) is 2. The van der Waals surface area contributed by atoms with Gasteiger partial charge in [0.2, 0.25) is 0 Å². The number of hydrogen-bond donors (Lipinski definition) is 2. The van der Waals surface area contributed by atoms with Gasteiger partial charge in [-0.25, -0.2) is 0 Å². The Balaban J connectivity index is 0.00000288. The second-order valence-electron chi connectivity index (χ2n) is 6.30. The highest BCUT2D eigenvalue weighted by Gasteiger charge is 2.15. The number of thioether (sulfide) groups is 1. The highest BCUT2D eigenvalue weighted by Crippen LogP contribution is 2.16. The van der Waals surface area contributed by atoms with Crippen molar-refractivity contribution in [3.63, 3.8) is 0 Å². The smallest absolute Gasteiger partial charge is 0.191 e. The largest absolute Gasteiger partial charge is 0.381 e. The van der Waals surface area contributed by atoms with Gasteiger partial charge in [-0.15, -0.1) is 24.0 Å². The Morgan fingerprint density at radius 3 is 2.83 bits per heavy atom. The first kappa shape index (κ1) is 22.3. The lowest BCUT2D eigenvalue weighted by molar-refractivity contribution is 0.0205. The molecule has 1 atom stereocenters. The minimum absolute atomic E-state index is 0. The second kappa shape index (κ2) is 14.4. The van der Waals surface area contributed by atoms with Crippen molar-refractivity contribution in [1.29, 1.82) is 0 Å². The molecule has 0 spiro atoms. The van der Waals surface area contributed by atoms with Crippen LogP contribution in [-0.2, 0) is 9.47 Å². The number of halogens is 1. The maximum Gasteiger partial charge on any atom is 0.191 e. The maximum atomic E-state index is 5.80. The van der Waals surface area contributed by atoms with E-state index in [4.69, 9.17) is 9.47 Å². The fourth-order valence-corrected chi connectivity index (χ4v) is 3.96. The lowest BCUT2D eigenvalue weighted by atomic mass is 10.0. The van der Waals surface area contributed by atoms with Crippen molar-refractivity contribution in [3.05, 3.63) is 0 Å². The van der Waals surface area contributed by atoms with Crippen molar-refractivity contribution in [2.45, 2.75) is 45.1 Å². The topological polar surface area (TPSA) is 54.9 Å². The molecule has 5 nitrogen and oxygen atoms in total. The Bertz CT molecular complexity index is 336. The van der Waals surface area contributed by atoms with Gasteiger partial charge in [-0.1, -0.05) is 0 Å². The molecule has 0 amide bonds. The van der Waals surface area contributed by atoms with E-state index in [1.807, 2.05) is 11.8 Å². The third-order valence-electron chi connectivity index (χ3n) is 4.26. The maximum absolute atomic E-state index is 5.80. The van der Waals surface area contributed by atoms with E-state index >= 15 is 0 Å². The predicted octanol–water partition coefficient (Wildman–Crippen LogP) is 2.89. The molecule has 2 N–H and O–H groups in total. The van der Waals surface area contributed by atoms with Crippen LogP contribution in [0.25, 0.3) is 0 Å². The lowest BCUT2D eigenvalue weighted by Crippen LogP contribution is -2.45. The average Bonchev–Trinajstić information content (AvgIpc) is 2.60. The second-order valence-corrected chi connectivity index (χ2v) is 7.45. The molecular weight excluding hydrogens is 437 g/mol. The summed E-state index contributed by atoms with van der Waals surface area (Å²) >= 11 is 2.04. The fourth-order valence-electron chi connectivity index (χ4n) is 2.89. The molecule has 142 valence electrons. The van der Waals surface area contributed by atoms with Gasteiger partial charge in [0.05, 0.1) is 0 Å². The Hall–Kier alpha value is 0.270. The van der Waals surface area contributed by atoms with Gasteiger partial charge in [0.1, 0.15) is 0 Å². The third kappa shape index (κ3) is 9.68. The number of nitrogens with zero attached hydrogens (tertiary/aromatic N) is 1. The molecule has 0 saturated carbocycles. The summed E-state index contributed by atoms with van der Waals surface area (Å²) < 4.78 is 11.2. The normalized spacial score (nSPS) is 22.7. The molecule has 0 aliphatic carbocycles. The number of guanidine groups is 1. The molecular formula is C17H34IN3O2S. The van der Waals surface area contributed by atoms with Gasteiger partial charge in [-0.2, -0.15) is 11.8 Å². The van der Waals surface area contributed by atoms with E-state index in [1.54, 1.807) is 0 Å². The molecule has 2 aliphatic heterocycles. The average molecular weight is 471 g/mol. The Kier molecular flexibility index (Phi) is 13.4. The van der Waals surface area contributed by atoms with Crippen LogP contribution in [0, 0.1) is 5.92 Å². The van der Waals surface area contributed by atoms with Gasteiger partial charge in [-0.3, -0.25) is 4.99 Å². The minimum atomic E-state index is 0. The Morgan fingerprint density at radius 1 is 1.29 bits per heavy atom. The molecule has 0 bridgehead atoms. The van der Waals surface area contributed by atoms with Crippen molar-refractivity contribution < 1.29 is 9.47 Å². The van der Waals surface area contributed by atoms with Crippen LogP contribution in [0.3, 0.4) is 0 Å². The monoisotopic (exact) mass is 471 g/mol. The number of rotatable bonds is 8. The van der Waals surface area contributed by atoms with Gasteiger partial charge < -0.3 is 20.1 Å². The number of hydrogen-bond acceptors (Lipinski definition) is 4. The van der Waals surface area contributed by atoms with E-state index in [1.165, 1.54) is 24.3 Å². The number of aliphatic imine (C=N–C) groups is 1. The molecule has 0 radical (unpaired) electrons. The van der Waals surface area contributed by atoms with Crippen molar-refractivity contribution in [2.75, 3.05) is 51.0 Å². The molecule has 2 rings (SSSR count). The Morgan fingerprint density at radius 2 is 2.12 bits per heavy atom. The molecule has 1 unspecified atom stereocenters. The first-order valence-electron chi connectivity index (χ1n) is 9.16. The molecule has 2 fully saturated rings. The minimum Gasteiger partial charge on any atom is -0.381 e. The van der Waals surface area contributed by atoms with Gasteiger partial charge in [0, 0.05) is 51.3 Å². The first-order valence-corrected chi connectivity index (χ1v) is 10.3. The summed E-state index contributed by atoms with van der Waals surface area (Å²) in [5.41, 5.74) is 0. The zero-order valence-electron chi connectivity index (χ0n) is 14.9. The molecule has 2 heterocycles. The summed E-state index contributed by atoms with van der Waals surface area (Å²) in [5.74, 6) is 4.15. The summed E-state index contributed by atoms with van der Waals surface area (Å²) in [4.78, 5) is 4.68. The van der Waals surface area contributed by atoms with Gasteiger partial charge in [0.15, 0.2) is 5.96 Å². The third-order valence-corrected chi connectivity index (χ3v) is 5.47. The predicted molar refractivity (Wildman–Crippen MR) is 114 cm³/mol. The SMILES string of the molecule is CCNC(=NCCCOCC1CCOCC1)NC1CCCSC1.I. The molecule has 7 heteroatoms. The molecule has 24 heavy (non-hydrogen) atoms. The van der Waals surface area contributed by atoms with E-state index in [0.29, 0.717) is 12.0 Å². The standard InChI is InChI=1S/C17H33N3O2S.HI/c1-2-18-17(20-16-5-3-12-23-14-16)19-8-4-9-22-13-15-6-10-21-11-7-15;/h15-16H,2-14H2,1H3,(H2,18,19,20);1H. The summed E-state index contributed by atoms with van der Waals surface area (Å²) in [5, 5.41) is 6.91. The van der Waals surface area contributed by atoms with Crippen LogP contribution >= 0.6 is 35.7 Å². The van der Waals surface area contributed by atoms with E-state index in [2.05, 4.69) is 22.5 Å². The van der Waals surface area contributed by atoms with E-state index in [9.17, 15) is 0 Å². The first-order chi connectivity index (χ1) is 11.4. The summed E-state index contributed by atoms with van der Waals surface area (Å²) in [6, 6.07) is 0.566. The molecule has 0 aromatic carbocycles. The summed E-state index contributed by atoms with van der Waals surface area (Å²) in [6.45, 7) is 7.33. The zero-order valence-corrected chi connectivity index (χ0v) is 18.1. The summed E-state index contributed by atoms with van der Waals surface area (Å²) in [7, 11) is 0. The number of ether oxygens (including phenoxy) is 2. The van der Waals surface area contributed by atoms with E-state index in [-0.39, 0.29) is 24.0 Å². The van der Waals surface area contributed by atoms with Crippen molar-refractivity contribution in [3.8, 4) is 0 Å². The lowest BCUT2D eigenvalue weighted by Gasteiger charge is -2.24. The fraction of sp³-hybridized carbons (Fsp3) is 0.941. The Labute approximate surface area is 168 Å². The quantitative estimate of drug-likeness (QED) is 0.247.